The lowest BCUT2D eigenvalue weighted by atomic mass is 10.1. The highest BCUT2D eigenvalue weighted by Crippen LogP contribution is 2.26. The van der Waals surface area contributed by atoms with Gasteiger partial charge in [-0.25, -0.2) is 4.98 Å². The molecule has 0 aromatic carbocycles. The summed E-state index contributed by atoms with van der Waals surface area (Å²) >= 11 is 0. The summed E-state index contributed by atoms with van der Waals surface area (Å²) in [6, 6.07) is 0.548. The van der Waals surface area contributed by atoms with Crippen molar-refractivity contribution in [1.82, 2.24) is 19.8 Å². The molecule has 0 bridgehead atoms. The van der Waals surface area contributed by atoms with Crippen molar-refractivity contribution in [2.45, 2.75) is 25.0 Å². The van der Waals surface area contributed by atoms with E-state index < -0.39 is 0 Å². The van der Waals surface area contributed by atoms with Crippen LogP contribution in [-0.4, -0.2) is 54.3 Å². The number of aromatic nitrogens is 2. The molecular formula is C13H22N4O. The van der Waals surface area contributed by atoms with Crippen LogP contribution in [0.2, 0.25) is 0 Å². The molecule has 2 aliphatic rings. The van der Waals surface area contributed by atoms with Gasteiger partial charge < -0.3 is 19.5 Å². The molecule has 2 aliphatic heterocycles. The third-order valence-electron chi connectivity index (χ3n) is 3.95. The highest BCUT2D eigenvalue weighted by molar-refractivity contribution is 5.07. The molecule has 0 radical (unpaired) electrons. The number of nitrogens with zero attached hydrogens (tertiary/aromatic N) is 3. The van der Waals surface area contributed by atoms with E-state index >= 15 is 0 Å². The van der Waals surface area contributed by atoms with Crippen molar-refractivity contribution in [2.24, 2.45) is 0 Å². The topological polar surface area (TPSA) is 42.3 Å². The van der Waals surface area contributed by atoms with Gasteiger partial charge in [-0.1, -0.05) is 0 Å². The summed E-state index contributed by atoms with van der Waals surface area (Å²) in [5, 5.41) is 3.39. The Morgan fingerprint density at radius 1 is 1.50 bits per heavy atom. The lowest BCUT2D eigenvalue weighted by Crippen LogP contribution is -2.37. The molecule has 0 amide bonds. The number of hydrogen-bond donors (Lipinski definition) is 1. The van der Waals surface area contributed by atoms with Gasteiger partial charge in [-0.05, 0) is 26.4 Å². The normalized spacial score (nSPS) is 30.5. The van der Waals surface area contributed by atoms with Gasteiger partial charge in [0.25, 0.3) is 0 Å². The Morgan fingerprint density at radius 3 is 3.22 bits per heavy atom. The largest absolute Gasteiger partial charge is 0.369 e. The van der Waals surface area contributed by atoms with E-state index in [0.29, 0.717) is 6.04 Å². The zero-order valence-electron chi connectivity index (χ0n) is 11.0. The first kappa shape index (κ1) is 12.1. The lowest BCUT2D eigenvalue weighted by molar-refractivity contribution is 0.0209. The molecular weight excluding hydrogens is 228 g/mol. The van der Waals surface area contributed by atoms with Gasteiger partial charge in [0.1, 0.15) is 6.10 Å². The highest BCUT2D eigenvalue weighted by atomic mass is 16.5. The molecule has 2 fully saturated rings. The summed E-state index contributed by atoms with van der Waals surface area (Å²) in [6.45, 7) is 4.97. The van der Waals surface area contributed by atoms with Crippen molar-refractivity contribution >= 4 is 0 Å². The first-order chi connectivity index (χ1) is 8.84. The molecule has 1 aromatic rings. The zero-order chi connectivity index (χ0) is 12.4. The van der Waals surface area contributed by atoms with Crippen molar-refractivity contribution in [3.63, 3.8) is 0 Å². The van der Waals surface area contributed by atoms with E-state index in [-0.39, 0.29) is 6.10 Å². The molecule has 2 atom stereocenters. The lowest BCUT2D eigenvalue weighted by Gasteiger charge is -2.33. The monoisotopic (exact) mass is 250 g/mol. The van der Waals surface area contributed by atoms with Crippen LogP contribution in [0.5, 0.6) is 0 Å². The van der Waals surface area contributed by atoms with Gasteiger partial charge in [0.05, 0.1) is 24.8 Å². The van der Waals surface area contributed by atoms with Crippen LogP contribution in [-0.2, 0) is 4.74 Å². The Hall–Kier alpha value is -0.910. The van der Waals surface area contributed by atoms with Crippen LogP contribution in [0.25, 0.3) is 0 Å². The first-order valence-corrected chi connectivity index (χ1v) is 6.87. The fourth-order valence-corrected chi connectivity index (χ4v) is 2.99. The molecule has 0 spiro atoms. The van der Waals surface area contributed by atoms with Gasteiger partial charge >= 0.3 is 0 Å². The average molecular weight is 250 g/mol. The minimum Gasteiger partial charge on any atom is -0.369 e. The second-order valence-electron chi connectivity index (χ2n) is 5.35. The first-order valence-electron chi connectivity index (χ1n) is 6.87. The molecule has 1 aromatic heterocycles. The summed E-state index contributed by atoms with van der Waals surface area (Å²) in [4.78, 5) is 6.73. The number of imidazole rings is 1. The summed E-state index contributed by atoms with van der Waals surface area (Å²) in [6.07, 6.45) is 6.60. The van der Waals surface area contributed by atoms with Crippen LogP contribution in [0.1, 0.15) is 30.7 Å². The average Bonchev–Trinajstić information content (AvgIpc) is 2.89. The maximum atomic E-state index is 5.84. The van der Waals surface area contributed by atoms with E-state index in [2.05, 4.69) is 26.8 Å². The molecule has 5 nitrogen and oxygen atoms in total. The molecule has 3 rings (SSSR count). The second kappa shape index (κ2) is 5.38. The number of piperidine rings is 1. The van der Waals surface area contributed by atoms with Gasteiger partial charge in [-0.15, -0.1) is 0 Å². The van der Waals surface area contributed by atoms with Crippen molar-refractivity contribution in [3.05, 3.63) is 18.2 Å². The van der Waals surface area contributed by atoms with Crippen LogP contribution in [0.15, 0.2) is 12.5 Å². The van der Waals surface area contributed by atoms with E-state index in [1.165, 1.54) is 25.1 Å². The minimum atomic E-state index is 0.161. The van der Waals surface area contributed by atoms with E-state index in [4.69, 9.17) is 4.74 Å². The second-order valence-corrected chi connectivity index (χ2v) is 5.35. The number of ether oxygens (including phenoxy) is 1. The Bertz CT molecular complexity index is 386. The molecule has 3 heterocycles. The van der Waals surface area contributed by atoms with Crippen molar-refractivity contribution in [2.75, 3.05) is 39.8 Å². The van der Waals surface area contributed by atoms with Crippen LogP contribution in [0, 0.1) is 0 Å². The minimum absolute atomic E-state index is 0.161. The van der Waals surface area contributed by atoms with Crippen LogP contribution in [0.4, 0.5) is 0 Å². The predicted molar refractivity (Wildman–Crippen MR) is 69.6 cm³/mol. The highest BCUT2D eigenvalue weighted by Gasteiger charge is 2.25. The Morgan fingerprint density at radius 2 is 2.44 bits per heavy atom. The molecule has 5 heteroatoms. The number of likely N-dealkylation sites (tertiary alicyclic amines) is 1. The van der Waals surface area contributed by atoms with Crippen LogP contribution < -0.4 is 5.32 Å². The summed E-state index contributed by atoms with van der Waals surface area (Å²) in [5.74, 6) is 0. The third kappa shape index (κ3) is 2.43. The van der Waals surface area contributed by atoms with Crippen LogP contribution >= 0.6 is 0 Å². The van der Waals surface area contributed by atoms with Gasteiger partial charge in [0, 0.05) is 25.7 Å². The SMILES string of the molecule is CN1CCCC(n2cncc2C2CNCCO2)C1. The molecule has 100 valence electrons. The van der Waals surface area contributed by atoms with Gasteiger partial charge in [-0.3, -0.25) is 0 Å². The number of hydrogen-bond acceptors (Lipinski definition) is 4. The molecule has 0 aliphatic carbocycles. The number of nitrogens with one attached hydrogen (secondary N) is 1. The molecule has 18 heavy (non-hydrogen) atoms. The van der Waals surface area contributed by atoms with Gasteiger partial charge in [0.15, 0.2) is 0 Å². The third-order valence-corrected chi connectivity index (χ3v) is 3.95. The molecule has 0 saturated carbocycles. The van der Waals surface area contributed by atoms with Crippen molar-refractivity contribution in [1.29, 1.82) is 0 Å². The summed E-state index contributed by atoms with van der Waals surface area (Å²) in [5.41, 5.74) is 1.22. The standard InChI is InChI=1S/C13H22N4O/c1-16-5-2-3-11(9-16)17-10-15-7-12(17)13-8-14-4-6-18-13/h7,10-11,13-14H,2-6,8-9H2,1H3. The summed E-state index contributed by atoms with van der Waals surface area (Å²) < 4.78 is 8.17. The Balaban J connectivity index is 1.77. The van der Waals surface area contributed by atoms with Gasteiger partial charge in [0.2, 0.25) is 0 Å². The molecule has 1 N–H and O–H groups in total. The maximum Gasteiger partial charge on any atom is 0.111 e. The number of likely N-dealkylation sites (N-methyl/N-ethyl adjacent to an activating group) is 1. The number of morpholine rings is 1. The predicted octanol–water partition coefficient (Wildman–Crippen LogP) is 0.811. The fraction of sp³-hybridized carbons (Fsp3) is 0.769. The Labute approximate surface area is 108 Å². The molecule has 2 saturated heterocycles. The molecule has 2 unspecified atom stereocenters. The fourth-order valence-electron chi connectivity index (χ4n) is 2.99. The van der Waals surface area contributed by atoms with E-state index in [9.17, 15) is 0 Å². The van der Waals surface area contributed by atoms with E-state index in [1.807, 2.05) is 12.5 Å². The zero-order valence-corrected chi connectivity index (χ0v) is 11.0. The quantitative estimate of drug-likeness (QED) is 0.843. The smallest absolute Gasteiger partial charge is 0.111 e. The van der Waals surface area contributed by atoms with E-state index in [0.717, 1.165) is 26.2 Å². The summed E-state index contributed by atoms with van der Waals surface area (Å²) in [7, 11) is 2.20. The van der Waals surface area contributed by atoms with E-state index in [1.54, 1.807) is 0 Å². The van der Waals surface area contributed by atoms with Crippen LogP contribution in [0.3, 0.4) is 0 Å². The maximum absolute atomic E-state index is 5.84. The van der Waals surface area contributed by atoms with Gasteiger partial charge in [-0.2, -0.15) is 0 Å². The Kier molecular flexibility index (Phi) is 3.63. The van der Waals surface area contributed by atoms with Crippen molar-refractivity contribution < 1.29 is 4.74 Å². The number of rotatable bonds is 2. The van der Waals surface area contributed by atoms with Crippen molar-refractivity contribution in [3.8, 4) is 0 Å².